The normalized spacial score (nSPS) is 16.6. The molecular weight excluding hydrogens is 328 g/mol. The zero-order chi connectivity index (χ0) is 18.7. The van der Waals surface area contributed by atoms with E-state index >= 15 is 0 Å². The lowest BCUT2D eigenvalue weighted by atomic mass is 9.97. The Kier molecular flexibility index (Phi) is 9.77. The number of hydrogen-bond acceptors (Lipinski definition) is 6. The van der Waals surface area contributed by atoms with Gasteiger partial charge in [-0.15, -0.1) is 0 Å². The summed E-state index contributed by atoms with van der Waals surface area (Å²) in [5.74, 6) is -0.488. The fraction of sp³-hybridized carbons (Fsp3) is 0.882. The highest BCUT2D eigenvalue weighted by Crippen LogP contribution is 2.16. The Morgan fingerprint density at radius 1 is 1.12 bits per heavy atom. The van der Waals surface area contributed by atoms with E-state index in [9.17, 15) is 9.59 Å². The monoisotopic (exact) mass is 360 g/mol. The first-order valence-corrected chi connectivity index (χ1v) is 8.83. The molecule has 1 fully saturated rings. The van der Waals surface area contributed by atoms with Gasteiger partial charge in [-0.25, -0.2) is 9.59 Å². The minimum absolute atomic E-state index is 0.284. The van der Waals surface area contributed by atoms with E-state index in [2.05, 4.69) is 10.2 Å². The van der Waals surface area contributed by atoms with Crippen LogP contribution in [-0.4, -0.2) is 80.3 Å². The van der Waals surface area contributed by atoms with E-state index in [1.165, 1.54) is 0 Å². The van der Waals surface area contributed by atoms with Gasteiger partial charge in [0.15, 0.2) is 0 Å². The maximum absolute atomic E-state index is 11.6. The first kappa shape index (κ1) is 21.7. The van der Waals surface area contributed by atoms with Gasteiger partial charge in [0.1, 0.15) is 12.2 Å². The Balaban J connectivity index is 2.00. The summed E-state index contributed by atoms with van der Waals surface area (Å²) in [5.41, 5.74) is -0.466. The molecule has 1 amide bonds. The summed E-state index contributed by atoms with van der Waals surface area (Å²) in [6, 6.07) is 0. The summed E-state index contributed by atoms with van der Waals surface area (Å²) in [7, 11) is 0. The second kappa shape index (κ2) is 11.3. The predicted octanol–water partition coefficient (Wildman–Crippen LogP) is 1.34. The number of piperidine rings is 1. The molecule has 1 aliphatic heterocycles. The zero-order valence-electron chi connectivity index (χ0n) is 15.6. The molecule has 0 aromatic rings. The number of carboxylic acid groups (broad SMARTS) is 1. The number of amides is 1. The van der Waals surface area contributed by atoms with Gasteiger partial charge in [-0.2, -0.15) is 0 Å². The summed E-state index contributed by atoms with van der Waals surface area (Å²) in [5, 5.41) is 11.3. The molecule has 0 aliphatic carbocycles. The Bertz CT molecular complexity index is 402. The summed E-state index contributed by atoms with van der Waals surface area (Å²) in [6.07, 6.45) is 1.73. The van der Waals surface area contributed by atoms with Crippen LogP contribution >= 0.6 is 0 Å². The van der Waals surface area contributed by atoms with E-state index < -0.39 is 11.6 Å². The van der Waals surface area contributed by atoms with E-state index in [0.717, 1.165) is 32.5 Å². The van der Waals surface area contributed by atoms with Crippen LogP contribution in [0.5, 0.6) is 0 Å². The van der Waals surface area contributed by atoms with Crippen LogP contribution in [0, 0.1) is 5.92 Å². The molecule has 0 aromatic heterocycles. The van der Waals surface area contributed by atoms with E-state index in [0.29, 0.717) is 32.3 Å². The van der Waals surface area contributed by atoms with Crippen molar-refractivity contribution in [3.63, 3.8) is 0 Å². The lowest BCUT2D eigenvalue weighted by molar-refractivity contribution is -0.142. The molecule has 8 heteroatoms. The standard InChI is InChI=1S/C17H32N2O6/c1-17(2,3)25-16(22)18-12-14-4-6-19(7-5-14)8-9-23-10-11-24-13-15(20)21/h14H,4-13H2,1-3H3,(H,18,22)(H,20,21). The largest absolute Gasteiger partial charge is 0.480 e. The average molecular weight is 360 g/mol. The van der Waals surface area contributed by atoms with Gasteiger partial charge in [0.25, 0.3) is 0 Å². The molecule has 25 heavy (non-hydrogen) atoms. The maximum Gasteiger partial charge on any atom is 0.407 e. The number of carboxylic acids is 1. The minimum atomic E-state index is -0.968. The van der Waals surface area contributed by atoms with Crippen LogP contribution in [0.3, 0.4) is 0 Å². The van der Waals surface area contributed by atoms with Crippen LogP contribution in [0.15, 0.2) is 0 Å². The lowest BCUT2D eigenvalue weighted by Gasteiger charge is -2.32. The number of hydrogen-bond donors (Lipinski definition) is 2. The number of nitrogens with one attached hydrogen (secondary N) is 1. The number of alkyl carbamates (subject to hydrolysis) is 1. The van der Waals surface area contributed by atoms with Crippen molar-refractivity contribution in [1.82, 2.24) is 10.2 Å². The van der Waals surface area contributed by atoms with Crippen LogP contribution in [0.2, 0.25) is 0 Å². The fourth-order valence-electron chi connectivity index (χ4n) is 2.53. The first-order chi connectivity index (χ1) is 11.8. The minimum Gasteiger partial charge on any atom is -0.480 e. The van der Waals surface area contributed by atoms with Gasteiger partial charge in [-0.1, -0.05) is 0 Å². The molecule has 0 atom stereocenters. The highest BCUT2D eigenvalue weighted by molar-refractivity contribution is 5.68. The molecule has 0 radical (unpaired) electrons. The van der Waals surface area contributed by atoms with Crippen molar-refractivity contribution in [1.29, 1.82) is 0 Å². The van der Waals surface area contributed by atoms with Crippen molar-refractivity contribution in [2.75, 3.05) is 52.6 Å². The number of aliphatic carboxylic acids is 1. The van der Waals surface area contributed by atoms with Gasteiger partial charge in [-0.05, 0) is 52.6 Å². The van der Waals surface area contributed by atoms with E-state index in [-0.39, 0.29) is 12.7 Å². The number of nitrogens with zero attached hydrogens (tertiary/aromatic N) is 1. The lowest BCUT2D eigenvalue weighted by Crippen LogP contribution is -2.41. The molecule has 0 bridgehead atoms. The number of likely N-dealkylation sites (tertiary alicyclic amines) is 1. The Hall–Kier alpha value is -1.38. The van der Waals surface area contributed by atoms with Gasteiger partial charge in [0.05, 0.1) is 19.8 Å². The molecule has 146 valence electrons. The third-order valence-corrected chi connectivity index (χ3v) is 3.79. The van der Waals surface area contributed by atoms with Gasteiger partial charge in [0.2, 0.25) is 0 Å². The Morgan fingerprint density at radius 3 is 2.36 bits per heavy atom. The molecule has 1 rings (SSSR count). The van der Waals surface area contributed by atoms with Crippen LogP contribution in [-0.2, 0) is 19.0 Å². The number of rotatable bonds is 10. The summed E-state index contributed by atoms with van der Waals surface area (Å²) in [6.45, 7) is 10.1. The Morgan fingerprint density at radius 2 is 1.76 bits per heavy atom. The third kappa shape index (κ3) is 11.7. The van der Waals surface area contributed by atoms with E-state index in [1.807, 2.05) is 20.8 Å². The van der Waals surface area contributed by atoms with Gasteiger partial charge >= 0.3 is 12.1 Å². The fourth-order valence-corrected chi connectivity index (χ4v) is 2.53. The van der Waals surface area contributed by atoms with Crippen molar-refractivity contribution in [3.8, 4) is 0 Å². The number of carbonyl (C=O) groups is 2. The Labute approximate surface area is 149 Å². The molecular formula is C17H32N2O6. The number of carbonyl (C=O) groups excluding carboxylic acids is 1. The van der Waals surface area contributed by atoms with Gasteiger partial charge in [-0.3, -0.25) is 0 Å². The molecule has 0 saturated carbocycles. The van der Waals surface area contributed by atoms with Gasteiger partial charge in [0, 0.05) is 13.1 Å². The quantitative estimate of drug-likeness (QED) is 0.567. The zero-order valence-corrected chi connectivity index (χ0v) is 15.6. The second-order valence-electron chi connectivity index (χ2n) is 7.23. The predicted molar refractivity (Wildman–Crippen MR) is 92.7 cm³/mol. The maximum atomic E-state index is 11.6. The van der Waals surface area contributed by atoms with Gasteiger partial charge < -0.3 is 29.5 Å². The molecule has 0 spiro atoms. The molecule has 1 aliphatic rings. The van der Waals surface area contributed by atoms with Crippen molar-refractivity contribution in [3.05, 3.63) is 0 Å². The topological polar surface area (TPSA) is 97.3 Å². The van der Waals surface area contributed by atoms with Crippen molar-refractivity contribution >= 4 is 12.1 Å². The summed E-state index contributed by atoms with van der Waals surface area (Å²) in [4.78, 5) is 24.2. The second-order valence-corrected chi connectivity index (χ2v) is 7.23. The van der Waals surface area contributed by atoms with Crippen molar-refractivity contribution in [2.45, 2.75) is 39.2 Å². The van der Waals surface area contributed by atoms with Crippen LogP contribution in [0.4, 0.5) is 4.79 Å². The first-order valence-electron chi connectivity index (χ1n) is 8.83. The third-order valence-electron chi connectivity index (χ3n) is 3.79. The summed E-state index contributed by atoms with van der Waals surface area (Å²) >= 11 is 0. The highest BCUT2D eigenvalue weighted by Gasteiger charge is 2.21. The molecule has 0 unspecified atom stereocenters. The highest BCUT2D eigenvalue weighted by atomic mass is 16.6. The van der Waals surface area contributed by atoms with Crippen LogP contribution in [0.25, 0.3) is 0 Å². The summed E-state index contributed by atoms with van der Waals surface area (Å²) < 4.78 is 15.6. The molecule has 2 N–H and O–H groups in total. The van der Waals surface area contributed by atoms with Crippen LogP contribution < -0.4 is 5.32 Å². The molecule has 0 aromatic carbocycles. The molecule has 1 saturated heterocycles. The molecule has 1 heterocycles. The average Bonchev–Trinajstić information content (AvgIpc) is 2.51. The van der Waals surface area contributed by atoms with Crippen molar-refractivity contribution < 1.29 is 28.9 Å². The SMILES string of the molecule is CC(C)(C)OC(=O)NCC1CCN(CCOCCOCC(=O)O)CC1. The van der Waals surface area contributed by atoms with Crippen molar-refractivity contribution in [2.24, 2.45) is 5.92 Å². The smallest absolute Gasteiger partial charge is 0.407 e. The van der Waals surface area contributed by atoms with E-state index in [4.69, 9.17) is 19.3 Å². The number of ether oxygens (including phenoxy) is 3. The van der Waals surface area contributed by atoms with E-state index in [1.54, 1.807) is 0 Å². The van der Waals surface area contributed by atoms with Crippen LogP contribution in [0.1, 0.15) is 33.6 Å². The molecule has 8 nitrogen and oxygen atoms in total.